The van der Waals surface area contributed by atoms with Crippen LogP contribution in [0.15, 0.2) is 18.2 Å². The maximum atomic E-state index is 13.9. The molecule has 0 fully saturated rings. The molecular formula is C20H21F2NO3S. The number of esters is 1. The molecular weight excluding hydrogens is 372 g/mol. The number of anilines is 1. The Balaban J connectivity index is 1.96. The van der Waals surface area contributed by atoms with Crippen LogP contribution >= 0.6 is 11.3 Å². The van der Waals surface area contributed by atoms with Gasteiger partial charge in [0.15, 0.2) is 0 Å². The highest BCUT2D eigenvalue weighted by atomic mass is 32.1. The first-order chi connectivity index (χ1) is 12.9. The second-order valence-electron chi connectivity index (χ2n) is 6.52. The smallest absolute Gasteiger partial charge is 0.341 e. The topological polar surface area (TPSA) is 55.4 Å². The molecule has 27 heavy (non-hydrogen) atoms. The summed E-state index contributed by atoms with van der Waals surface area (Å²) in [5.74, 6) is -2.28. The molecule has 0 aliphatic heterocycles. The van der Waals surface area contributed by atoms with Crippen LogP contribution in [0.2, 0.25) is 0 Å². The van der Waals surface area contributed by atoms with Gasteiger partial charge in [-0.25, -0.2) is 13.6 Å². The van der Waals surface area contributed by atoms with Crippen molar-refractivity contribution in [2.75, 3.05) is 11.9 Å². The van der Waals surface area contributed by atoms with Crippen molar-refractivity contribution in [1.82, 2.24) is 0 Å². The van der Waals surface area contributed by atoms with Crippen molar-refractivity contribution in [2.45, 2.75) is 39.5 Å². The molecule has 1 aromatic carbocycles. The Morgan fingerprint density at radius 3 is 2.78 bits per heavy atom. The Morgan fingerprint density at radius 1 is 1.30 bits per heavy atom. The number of rotatable bonds is 5. The Bertz CT molecular complexity index is 878. The highest BCUT2D eigenvalue weighted by molar-refractivity contribution is 7.17. The Morgan fingerprint density at radius 2 is 2.07 bits per heavy atom. The summed E-state index contributed by atoms with van der Waals surface area (Å²) < 4.78 is 32.5. The average molecular weight is 393 g/mol. The van der Waals surface area contributed by atoms with Crippen LogP contribution < -0.4 is 5.32 Å². The van der Waals surface area contributed by atoms with E-state index < -0.39 is 29.1 Å². The van der Waals surface area contributed by atoms with Crippen molar-refractivity contribution in [1.29, 1.82) is 0 Å². The zero-order valence-corrected chi connectivity index (χ0v) is 16.1. The Labute approximate surface area is 160 Å². The molecule has 144 valence electrons. The van der Waals surface area contributed by atoms with Crippen LogP contribution in [0.3, 0.4) is 0 Å². The largest absolute Gasteiger partial charge is 0.462 e. The molecule has 7 heteroatoms. The number of carbonyl (C=O) groups excluding carboxylic acids is 2. The normalized spacial score (nSPS) is 15.9. The molecule has 0 radical (unpaired) electrons. The summed E-state index contributed by atoms with van der Waals surface area (Å²) in [5, 5.41) is 2.93. The third-order valence-corrected chi connectivity index (χ3v) is 5.99. The van der Waals surface area contributed by atoms with Gasteiger partial charge in [0, 0.05) is 4.88 Å². The molecule has 2 aromatic rings. The van der Waals surface area contributed by atoms with Crippen LogP contribution in [-0.2, 0) is 17.6 Å². The maximum absolute atomic E-state index is 13.9. The third kappa shape index (κ3) is 4.03. The fourth-order valence-electron chi connectivity index (χ4n) is 3.35. The van der Waals surface area contributed by atoms with E-state index in [1.54, 1.807) is 6.92 Å². The van der Waals surface area contributed by atoms with Crippen molar-refractivity contribution in [3.63, 3.8) is 0 Å². The molecule has 1 amide bonds. The Kier molecular flexibility index (Phi) is 5.89. The minimum Gasteiger partial charge on any atom is -0.462 e. The highest BCUT2D eigenvalue weighted by Gasteiger charge is 2.30. The number of hydrogen-bond donors (Lipinski definition) is 1. The van der Waals surface area contributed by atoms with Gasteiger partial charge in [0.2, 0.25) is 0 Å². The van der Waals surface area contributed by atoms with Crippen molar-refractivity contribution >= 4 is 28.2 Å². The SMILES string of the molecule is CCOC(=O)c1c(NC(=O)c2cc(F)ccc2F)sc2c1CC[C@H](CC)C2. The number of nitrogens with one attached hydrogen (secondary N) is 1. The molecule has 0 saturated carbocycles. The van der Waals surface area contributed by atoms with Crippen molar-refractivity contribution < 1.29 is 23.1 Å². The summed E-state index contributed by atoms with van der Waals surface area (Å²) in [6.45, 7) is 4.06. The molecule has 1 N–H and O–H groups in total. The van der Waals surface area contributed by atoms with Crippen LogP contribution in [0.1, 0.15) is 57.8 Å². The molecule has 4 nitrogen and oxygen atoms in total. The van der Waals surface area contributed by atoms with Crippen LogP contribution in [0, 0.1) is 17.6 Å². The lowest BCUT2D eigenvalue weighted by Crippen LogP contribution is -2.18. The number of hydrogen-bond acceptors (Lipinski definition) is 4. The minimum absolute atomic E-state index is 0.215. The second kappa shape index (κ2) is 8.17. The van der Waals surface area contributed by atoms with E-state index in [4.69, 9.17) is 4.74 Å². The average Bonchev–Trinajstić information content (AvgIpc) is 3.00. The quantitative estimate of drug-likeness (QED) is 0.730. The number of fused-ring (bicyclic) bond motifs is 1. The number of carbonyl (C=O) groups is 2. The summed E-state index contributed by atoms with van der Waals surface area (Å²) in [6.07, 6.45) is 3.59. The van der Waals surface area contributed by atoms with Crippen LogP contribution in [0.4, 0.5) is 13.8 Å². The first-order valence-electron chi connectivity index (χ1n) is 9.02. The number of amides is 1. The third-order valence-electron chi connectivity index (χ3n) is 4.82. The number of thiophene rings is 1. The summed E-state index contributed by atoms with van der Waals surface area (Å²) in [5.41, 5.74) is 0.845. The molecule has 1 aliphatic rings. The predicted molar refractivity (Wildman–Crippen MR) is 100 cm³/mol. The van der Waals surface area contributed by atoms with E-state index in [2.05, 4.69) is 12.2 Å². The number of benzene rings is 1. The lowest BCUT2D eigenvalue weighted by molar-refractivity contribution is 0.0526. The summed E-state index contributed by atoms with van der Waals surface area (Å²) in [6, 6.07) is 2.70. The molecule has 1 aromatic heterocycles. The lowest BCUT2D eigenvalue weighted by atomic mass is 9.85. The maximum Gasteiger partial charge on any atom is 0.341 e. The molecule has 0 saturated heterocycles. The van der Waals surface area contributed by atoms with Gasteiger partial charge in [-0.15, -0.1) is 11.3 Å². The van der Waals surface area contributed by atoms with E-state index in [1.807, 2.05) is 0 Å². The Hall–Kier alpha value is -2.28. The van der Waals surface area contributed by atoms with Gasteiger partial charge in [0.05, 0.1) is 17.7 Å². The molecule has 0 spiro atoms. The number of ether oxygens (including phenoxy) is 1. The van der Waals surface area contributed by atoms with Gasteiger partial charge in [-0.1, -0.05) is 13.3 Å². The first kappa shape index (κ1) is 19.5. The molecule has 3 rings (SSSR count). The first-order valence-corrected chi connectivity index (χ1v) is 9.84. The van der Waals surface area contributed by atoms with E-state index in [-0.39, 0.29) is 6.61 Å². The summed E-state index contributed by atoms with van der Waals surface area (Å²) in [7, 11) is 0. The van der Waals surface area contributed by atoms with E-state index in [0.29, 0.717) is 16.5 Å². The molecule has 0 bridgehead atoms. The van der Waals surface area contributed by atoms with E-state index in [1.165, 1.54) is 11.3 Å². The van der Waals surface area contributed by atoms with Gasteiger partial charge in [-0.2, -0.15) is 0 Å². The van der Waals surface area contributed by atoms with Crippen molar-refractivity contribution in [3.05, 3.63) is 51.4 Å². The monoisotopic (exact) mass is 393 g/mol. The van der Waals surface area contributed by atoms with Gasteiger partial charge in [-0.3, -0.25) is 4.79 Å². The van der Waals surface area contributed by atoms with Crippen LogP contribution in [0.25, 0.3) is 0 Å². The van der Waals surface area contributed by atoms with E-state index in [0.717, 1.165) is 54.3 Å². The molecule has 1 aliphatic carbocycles. The van der Waals surface area contributed by atoms with Gasteiger partial charge in [-0.05, 0) is 55.9 Å². The minimum atomic E-state index is -0.820. The van der Waals surface area contributed by atoms with Gasteiger partial charge in [0.1, 0.15) is 16.6 Å². The van der Waals surface area contributed by atoms with E-state index in [9.17, 15) is 18.4 Å². The molecule has 1 heterocycles. The second-order valence-corrected chi connectivity index (χ2v) is 7.63. The predicted octanol–water partition coefficient (Wildman–Crippen LogP) is 4.97. The van der Waals surface area contributed by atoms with Crippen LogP contribution in [0.5, 0.6) is 0 Å². The fraction of sp³-hybridized carbons (Fsp3) is 0.400. The van der Waals surface area contributed by atoms with Crippen molar-refractivity contribution in [3.8, 4) is 0 Å². The zero-order valence-electron chi connectivity index (χ0n) is 15.2. The van der Waals surface area contributed by atoms with E-state index >= 15 is 0 Å². The van der Waals surface area contributed by atoms with Gasteiger partial charge >= 0.3 is 5.97 Å². The van der Waals surface area contributed by atoms with Gasteiger partial charge < -0.3 is 10.1 Å². The van der Waals surface area contributed by atoms with Crippen molar-refractivity contribution in [2.24, 2.45) is 5.92 Å². The molecule has 0 unspecified atom stereocenters. The number of halogens is 2. The fourth-order valence-corrected chi connectivity index (χ4v) is 4.70. The highest BCUT2D eigenvalue weighted by Crippen LogP contribution is 2.41. The summed E-state index contributed by atoms with van der Waals surface area (Å²) in [4.78, 5) is 26.0. The molecule has 1 atom stereocenters. The summed E-state index contributed by atoms with van der Waals surface area (Å²) >= 11 is 1.32. The lowest BCUT2D eigenvalue weighted by Gasteiger charge is -2.20. The standard InChI is InChI=1S/C20H21F2NO3S/c1-3-11-5-7-13-16(9-11)27-19(17(13)20(25)26-4-2)23-18(24)14-10-12(21)6-8-15(14)22/h6,8,10-11H,3-5,7,9H2,1-2H3,(H,23,24)/t11-/m0/s1. The zero-order chi connectivity index (χ0) is 19.6. The van der Waals surface area contributed by atoms with Crippen LogP contribution in [-0.4, -0.2) is 18.5 Å². The van der Waals surface area contributed by atoms with Gasteiger partial charge in [0.25, 0.3) is 5.91 Å².